The van der Waals surface area contributed by atoms with Crippen LogP contribution in [-0.2, 0) is 19.1 Å². The van der Waals surface area contributed by atoms with Gasteiger partial charge in [0.1, 0.15) is 6.61 Å². The van der Waals surface area contributed by atoms with Crippen LogP contribution in [0, 0.1) is 50.2 Å². The van der Waals surface area contributed by atoms with Gasteiger partial charge in [0.25, 0.3) is 0 Å². The average molecular weight is 687 g/mol. The van der Waals surface area contributed by atoms with Gasteiger partial charge in [0.2, 0.25) is 0 Å². The maximum Gasteiger partial charge on any atom is 0.333 e. The summed E-state index contributed by atoms with van der Waals surface area (Å²) in [5, 5.41) is 47.0. The Kier molecular flexibility index (Phi) is 11.5. The molecule has 8 heteroatoms. The first-order valence-electron chi connectivity index (χ1n) is 18.6. The fourth-order valence-corrected chi connectivity index (χ4v) is 11.6. The Labute approximate surface area is 295 Å². The highest BCUT2D eigenvalue weighted by Crippen LogP contribution is 2.73. The van der Waals surface area contributed by atoms with Crippen molar-refractivity contribution in [2.24, 2.45) is 50.2 Å². The molecule has 4 fully saturated rings. The van der Waals surface area contributed by atoms with Gasteiger partial charge in [-0.2, -0.15) is 0 Å². The molecule has 0 heterocycles. The monoisotopic (exact) mass is 686 g/mol. The van der Waals surface area contributed by atoms with Gasteiger partial charge in [0, 0.05) is 17.4 Å². The first-order chi connectivity index (χ1) is 22.7. The molecule has 4 aliphatic rings. The predicted molar refractivity (Wildman–Crippen MR) is 191 cm³/mol. The highest BCUT2D eigenvalue weighted by molar-refractivity contribution is 5.87. The number of hydrogen-bond acceptors (Lipinski definition) is 8. The first-order valence-corrected chi connectivity index (χ1v) is 18.6. The molecule has 0 aromatic rings. The van der Waals surface area contributed by atoms with Gasteiger partial charge in [-0.1, -0.05) is 59.8 Å². The maximum atomic E-state index is 12.7. The van der Waals surface area contributed by atoms with Gasteiger partial charge in [-0.05, 0) is 111 Å². The molecular formula is C41H66O8. The Hall–Kier alpha value is -2.00. The second-order valence-corrected chi connectivity index (χ2v) is 18.1. The van der Waals surface area contributed by atoms with Gasteiger partial charge >= 0.3 is 11.9 Å². The molecular weight excluding hydrogens is 620 g/mol. The van der Waals surface area contributed by atoms with Crippen molar-refractivity contribution in [3.63, 3.8) is 0 Å². The zero-order valence-corrected chi connectivity index (χ0v) is 31.6. The highest BCUT2D eigenvalue weighted by Gasteiger charge is 2.70. The van der Waals surface area contributed by atoms with Crippen molar-refractivity contribution in [1.82, 2.24) is 0 Å². The van der Waals surface area contributed by atoms with E-state index < -0.39 is 46.6 Å². The number of fused-ring (bicyclic) bond motifs is 2. The molecule has 4 saturated carbocycles. The lowest BCUT2D eigenvalue weighted by Crippen LogP contribution is -2.70. The van der Waals surface area contributed by atoms with E-state index in [1.54, 1.807) is 19.1 Å². The third-order valence-electron chi connectivity index (χ3n) is 15.1. The van der Waals surface area contributed by atoms with Crippen LogP contribution in [0.3, 0.4) is 0 Å². The molecule has 0 saturated heterocycles. The minimum Gasteiger partial charge on any atom is -0.465 e. The summed E-state index contributed by atoms with van der Waals surface area (Å²) in [4.78, 5) is 25.4. The van der Waals surface area contributed by atoms with Crippen LogP contribution in [0.2, 0.25) is 0 Å². The van der Waals surface area contributed by atoms with E-state index in [-0.39, 0.29) is 59.6 Å². The molecule has 0 aromatic heterocycles. The molecule has 8 nitrogen and oxygen atoms in total. The van der Waals surface area contributed by atoms with Crippen LogP contribution in [-0.4, -0.2) is 70.0 Å². The molecule has 3 unspecified atom stereocenters. The van der Waals surface area contributed by atoms with Crippen molar-refractivity contribution in [3.8, 4) is 0 Å². The third kappa shape index (κ3) is 6.51. The normalized spacial score (nSPS) is 45.0. The minimum absolute atomic E-state index is 0.0947. The quantitative estimate of drug-likeness (QED) is 0.107. The molecule has 0 amide bonds. The topological polar surface area (TPSA) is 134 Å². The molecule has 4 rings (SSSR count). The number of carbonyl (C=O) groups is 2. The summed E-state index contributed by atoms with van der Waals surface area (Å²) in [5.74, 6) is -0.714. The van der Waals surface area contributed by atoms with Crippen LogP contribution < -0.4 is 0 Å². The summed E-state index contributed by atoms with van der Waals surface area (Å²) in [6, 6.07) is 0. The van der Waals surface area contributed by atoms with Crippen molar-refractivity contribution in [3.05, 3.63) is 37.0 Å². The highest BCUT2D eigenvalue weighted by atomic mass is 16.5. The van der Waals surface area contributed by atoms with Gasteiger partial charge in [0.15, 0.2) is 0 Å². The lowest BCUT2D eigenvalue weighted by molar-refractivity contribution is -0.277. The summed E-state index contributed by atoms with van der Waals surface area (Å²) in [6.45, 7) is 24.5. The lowest BCUT2D eigenvalue weighted by Gasteiger charge is -2.70. The smallest absolute Gasteiger partial charge is 0.333 e. The molecule has 0 aromatic carbocycles. The van der Waals surface area contributed by atoms with E-state index in [9.17, 15) is 30.0 Å². The van der Waals surface area contributed by atoms with Gasteiger partial charge in [-0.3, -0.25) is 4.79 Å². The second-order valence-electron chi connectivity index (χ2n) is 18.1. The Morgan fingerprint density at radius 2 is 1.51 bits per heavy atom. The minimum atomic E-state index is -1.26. The van der Waals surface area contributed by atoms with E-state index >= 15 is 0 Å². The van der Waals surface area contributed by atoms with Crippen molar-refractivity contribution < 1.29 is 39.5 Å². The second kappa shape index (κ2) is 14.2. The zero-order chi connectivity index (χ0) is 36.8. The number of carbonyl (C=O) groups excluding carboxylic acids is 2. The molecule has 4 N–H and O–H groups in total. The summed E-state index contributed by atoms with van der Waals surface area (Å²) in [7, 11) is 0. The van der Waals surface area contributed by atoms with Gasteiger partial charge in [-0.15, -0.1) is 13.2 Å². The summed E-state index contributed by atoms with van der Waals surface area (Å²) < 4.78 is 11.7. The first kappa shape index (κ1) is 39.8. The van der Waals surface area contributed by atoms with Crippen LogP contribution in [0.1, 0.15) is 120 Å². The maximum absolute atomic E-state index is 12.7. The Bertz CT molecular complexity index is 1290. The van der Waals surface area contributed by atoms with Crippen molar-refractivity contribution in [2.45, 2.75) is 144 Å². The Morgan fingerprint density at radius 3 is 2.12 bits per heavy atom. The Balaban J connectivity index is 1.72. The number of aliphatic hydroxyl groups excluding tert-OH is 4. The van der Waals surface area contributed by atoms with E-state index in [1.165, 1.54) is 0 Å². The van der Waals surface area contributed by atoms with Crippen molar-refractivity contribution in [2.75, 3.05) is 13.2 Å². The molecule has 0 spiro atoms. The SMILES string of the molecule is C=CCCC(=O)OC[C@@]12C(CC(C)(C)[C@@H](O)[C@@H]1O)C[C@](C)([C@]1(C)CCC3[C@](C)(CC[C@H](O)[C@]3(C)COC(=O)/C(C)=C/C)C1CC=C)C[C@H]2O. The fourth-order valence-electron chi connectivity index (χ4n) is 11.6. The standard InChI is InChI=1S/C41H66O8/c1-11-14-16-32(44)48-25-41-27(21-36(5,6)33(45)34(41)46)22-37(7,23-31(41)43)40(10)20-17-28-38(8,29(40)15-12-2)19-18-30(42)39(28,9)24-49-35(47)26(4)13-3/h11-13,27-31,33-34,42-43,45-46H,1-2,14-25H2,3-10H3/b26-13+/t27?,28?,29?,30-,31+,33-,34-,37-,38-,39+,40+,41-/m0/s1. The summed E-state index contributed by atoms with van der Waals surface area (Å²) >= 11 is 0. The van der Waals surface area contributed by atoms with Crippen LogP contribution >= 0.6 is 0 Å². The molecule has 49 heavy (non-hydrogen) atoms. The molecule has 4 aliphatic carbocycles. The molecule has 0 radical (unpaired) electrons. The average Bonchev–Trinajstić information content (AvgIpc) is 3.04. The summed E-state index contributed by atoms with van der Waals surface area (Å²) in [5.41, 5.74) is -2.70. The van der Waals surface area contributed by atoms with Gasteiger partial charge in [0.05, 0.1) is 36.4 Å². The number of rotatable bonds is 11. The van der Waals surface area contributed by atoms with Crippen molar-refractivity contribution >= 4 is 11.9 Å². The van der Waals surface area contributed by atoms with Gasteiger partial charge in [-0.25, -0.2) is 4.79 Å². The number of esters is 2. The van der Waals surface area contributed by atoms with E-state index in [1.807, 2.05) is 26.8 Å². The van der Waals surface area contributed by atoms with E-state index in [4.69, 9.17) is 9.47 Å². The summed E-state index contributed by atoms with van der Waals surface area (Å²) in [6.07, 6.45) is 7.67. The fraction of sp³-hybridized carbons (Fsp3) is 0.805. The number of ether oxygens (including phenoxy) is 2. The largest absolute Gasteiger partial charge is 0.465 e. The number of allylic oxidation sites excluding steroid dienone is 3. The van der Waals surface area contributed by atoms with Crippen LogP contribution in [0.5, 0.6) is 0 Å². The number of hydrogen-bond donors (Lipinski definition) is 4. The zero-order valence-electron chi connectivity index (χ0n) is 31.6. The van der Waals surface area contributed by atoms with E-state index in [0.29, 0.717) is 37.7 Å². The molecule has 278 valence electrons. The number of aliphatic hydroxyl groups is 4. The molecule has 0 aliphatic heterocycles. The van der Waals surface area contributed by atoms with Gasteiger partial charge < -0.3 is 29.9 Å². The van der Waals surface area contributed by atoms with Crippen LogP contribution in [0.4, 0.5) is 0 Å². The molecule has 0 bridgehead atoms. The third-order valence-corrected chi connectivity index (χ3v) is 15.1. The van der Waals surface area contributed by atoms with E-state index in [2.05, 4.69) is 40.9 Å². The van der Waals surface area contributed by atoms with E-state index in [0.717, 1.165) is 25.7 Å². The Morgan fingerprint density at radius 1 is 0.837 bits per heavy atom. The van der Waals surface area contributed by atoms with Crippen LogP contribution in [0.25, 0.3) is 0 Å². The van der Waals surface area contributed by atoms with Crippen molar-refractivity contribution in [1.29, 1.82) is 0 Å². The van der Waals surface area contributed by atoms with Crippen LogP contribution in [0.15, 0.2) is 37.0 Å². The lowest BCUT2D eigenvalue weighted by atomic mass is 9.35. The predicted octanol–water partition coefficient (Wildman–Crippen LogP) is 6.70. The molecule has 12 atom stereocenters.